The fourth-order valence-electron chi connectivity index (χ4n) is 1.93. The smallest absolute Gasteiger partial charge is 0.0110 e. The van der Waals surface area contributed by atoms with Crippen LogP contribution in [0.4, 0.5) is 0 Å². The van der Waals surface area contributed by atoms with Gasteiger partial charge in [0, 0.05) is 45.0 Å². The van der Waals surface area contributed by atoms with Crippen molar-refractivity contribution < 1.29 is 0 Å². The molecule has 0 bridgehead atoms. The summed E-state index contributed by atoms with van der Waals surface area (Å²) in [4.78, 5) is 5.19. The Morgan fingerprint density at radius 2 is 1.64 bits per heavy atom. The van der Waals surface area contributed by atoms with E-state index in [9.17, 15) is 0 Å². The molecule has 3 heteroatoms. The fourth-order valence-corrected chi connectivity index (χ4v) is 2.37. The van der Waals surface area contributed by atoms with Gasteiger partial charge in [0.05, 0.1) is 0 Å². The first-order chi connectivity index (χ1) is 6.72. The van der Waals surface area contributed by atoms with Crippen LogP contribution >= 0.6 is 11.8 Å². The molecule has 1 aliphatic rings. The van der Waals surface area contributed by atoms with Gasteiger partial charge in [-0.1, -0.05) is 13.8 Å². The summed E-state index contributed by atoms with van der Waals surface area (Å²) < 4.78 is 0. The van der Waals surface area contributed by atoms with Crippen LogP contribution in [0.2, 0.25) is 0 Å². The van der Waals surface area contributed by atoms with Crippen molar-refractivity contribution in [2.45, 2.75) is 13.8 Å². The summed E-state index contributed by atoms with van der Waals surface area (Å²) >= 11 is 1.95. The molecule has 1 fully saturated rings. The number of nitrogens with zero attached hydrogens (tertiary/aromatic N) is 2. The van der Waals surface area contributed by atoms with E-state index in [-0.39, 0.29) is 0 Å². The van der Waals surface area contributed by atoms with Gasteiger partial charge in [-0.15, -0.1) is 0 Å². The maximum Gasteiger partial charge on any atom is 0.0110 e. The first kappa shape index (κ1) is 12.3. The summed E-state index contributed by atoms with van der Waals surface area (Å²) in [6, 6.07) is 0. The summed E-state index contributed by atoms with van der Waals surface area (Å²) in [5, 5.41) is 0. The minimum atomic E-state index is 0.813. The van der Waals surface area contributed by atoms with E-state index in [4.69, 9.17) is 0 Å². The summed E-state index contributed by atoms with van der Waals surface area (Å²) in [5.41, 5.74) is 0. The Labute approximate surface area is 93.0 Å². The van der Waals surface area contributed by atoms with Crippen LogP contribution in [0.5, 0.6) is 0 Å². The van der Waals surface area contributed by atoms with Gasteiger partial charge in [0.15, 0.2) is 0 Å². The predicted molar refractivity (Wildman–Crippen MR) is 66.1 cm³/mol. The highest BCUT2D eigenvalue weighted by molar-refractivity contribution is 7.98. The summed E-state index contributed by atoms with van der Waals surface area (Å²) in [6.45, 7) is 12.2. The van der Waals surface area contributed by atoms with Crippen LogP contribution in [-0.2, 0) is 0 Å². The Bertz CT molecular complexity index is 142. The zero-order chi connectivity index (χ0) is 10.4. The molecular formula is C11H24N2S. The maximum absolute atomic E-state index is 2.60. The van der Waals surface area contributed by atoms with Gasteiger partial charge in [-0.05, 0) is 12.2 Å². The van der Waals surface area contributed by atoms with Crippen LogP contribution in [0.25, 0.3) is 0 Å². The molecule has 0 aromatic heterocycles. The van der Waals surface area contributed by atoms with E-state index in [0.29, 0.717) is 0 Å². The topological polar surface area (TPSA) is 6.48 Å². The lowest BCUT2D eigenvalue weighted by Gasteiger charge is -2.35. The van der Waals surface area contributed by atoms with Crippen molar-refractivity contribution in [2.24, 2.45) is 5.92 Å². The zero-order valence-electron chi connectivity index (χ0n) is 9.83. The standard InChI is InChI=1S/C11H24N2S/c1-11(2)10-13-6-4-12(5-7-13)8-9-14-3/h11H,4-10H2,1-3H3. The minimum Gasteiger partial charge on any atom is -0.301 e. The molecule has 0 aliphatic carbocycles. The number of piperazine rings is 1. The zero-order valence-corrected chi connectivity index (χ0v) is 10.6. The van der Waals surface area contributed by atoms with E-state index in [1.54, 1.807) is 0 Å². The Morgan fingerprint density at radius 3 is 2.14 bits per heavy atom. The number of hydrogen-bond donors (Lipinski definition) is 0. The van der Waals surface area contributed by atoms with Crippen molar-refractivity contribution in [1.29, 1.82) is 0 Å². The molecular weight excluding hydrogens is 192 g/mol. The van der Waals surface area contributed by atoms with Crippen LogP contribution in [-0.4, -0.2) is 61.1 Å². The Balaban J connectivity index is 2.11. The molecule has 1 saturated heterocycles. The third kappa shape index (κ3) is 4.67. The highest BCUT2D eigenvalue weighted by Crippen LogP contribution is 2.05. The molecule has 14 heavy (non-hydrogen) atoms. The molecule has 2 nitrogen and oxygen atoms in total. The SMILES string of the molecule is CSCCN1CCN(CC(C)C)CC1. The number of hydrogen-bond acceptors (Lipinski definition) is 3. The Hall–Kier alpha value is 0.270. The molecule has 0 aromatic carbocycles. The van der Waals surface area contributed by atoms with E-state index < -0.39 is 0 Å². The lowest BCUT2D eigenvalue weighted by Crippen LogP contribution is -2.47. The highest BCUT2D eigenvalue weighted by atomic mass is 32.2. The molecule has 0 aromatic rings. The van der Waals surface area contributed by atoms with Crippen LogP contribution in [0.1, 0.15) is 13.8 Å². The van der Waals surface area contributed by atoms with Crippen LogP contribution in [0, 0.1) is 5.92 Å². The maximum atomic E-state index is 2.60. The van der Waals surface area contributed by atoms with Crippen molar-refractivity contribution in [3.63, 3.8) is 0 Å². The van der Waals surface area contributed by atoms with Crippen molar-refractivity contribution in [3.05, 3.63) is 0 Å². The first-order valence-corrected chi connectivity index (χ1v) is 7.05. The van der Waals surface area contributed by atoms with Crippen molar-refractivity contribution >= 4 is 11.8 Å². The van der Waals surface area contributed by atoms with Crippen molar-refractivity contribution in [1.82, 2.24) is 9.80 Å². The van der Waals surface area contributed by atoms with Gasteiger partial charge in [-0.2, -0.15) is 11.8 Å². The van der Waals surface area contributed by atoms with Crippen LogP contribution in [0.3, 0.4) is 0 Å². The van der Waals surface area contributed by atoms with Gasteiger partial charge in [0.1, 0.15) is 0 Å². The normalized spacial score (nSPS) is 20.6. The monoisotopic (exact) mass is 216 g/mol. The molecule has 0 radical (unpaired) electrons. The quantitative estimate of drug-likeness (QED) is 0.689. The Kier molecular flexibility index (Phi) is 5.90. The van der Waals surface area contributed by atoms with Gasteiger partial charge in [0.25, 0.3) is 0 Å². The average molecular weight is 216 g/mol. The molecule has 1 heterocycles. The third-order valence-corrected chi connectivity index (χ3v) is 3.29. The third-order valence-electron chi connectivity index (χ3n) is 2.70. The lowest BCUT2D eigenvalue weighted by atomic mass is 10.2. The number of rotatable bonds is 5. The fraction of sp³-hybridized carbons (Fsp3) is 1.00. The van der Waals surface area contributed by atoms with Crippen LogP contribution < -0.4 is 0 Å². The average Bonchev–Trinajstić information content (AvgIpc) is 2.16. The largest absolute Gasteiger partial charge is 0.301 e. The molecule has 0 unspecified atom stereocenters. The molecule has 0 atom stereocenters. The predicted octanol–water partition coefficient (Wildman–Crippen LogP) is 1.62. The summed E-state index contributed by atoms with van der Waals surface area (Å²) in [5.74, 6) is 2.09. The van der Waals surface area contributed by atoms with Crippen LogP contribution in [0.15, 0.2) is 0 Å². The highest BCUT2D eigenvalue weighted by Gasteiger charge is 2.16. The van der Waals surface area contributed by atoms with Gasteiger partial charge in [-0.25, -0.2) is 0 Å². The molecule has 84 valence electrons. The lowest BCUT2D eigenvalue weighted by molar-refractivity contribution is 0.127. The second kappa shape index (κ2) is 6.70. The summed E-state index contributed by atoms with van der Waals surface area (Å²) in [6.07, 6.45) is 2.19. The van der Waals surface area contributed by atoms with E-state index >= 15 is 0 Å². The van der Waals surface area contributed by atoms with E-state index in [2.05, 4.69) is 29.9 Å². The van der Waals surface area contributed by atoms with Gasteiger partial charge in [-0.3, -0.25) is 4.90 Å². The second-order valence-electron chi connectivity index (χ2n) is 4.53. The molecule has 0 spiro atoms. The Morgan fingerprint density at radius 1 is 1.07 bits per heavy atom. The molecule has 0 amide bonds. The first-order valence-electron chi connectivity index (χ1n) is 5.66. The van der Waals surface area contributed by atoms with Crippen molar-refractivity contribution in [3.8, 4) is 0 Å². The molecule has 0 N–H and O–H groups in total. The minimum absolute atomic E-state index is 0.813. The summed E-state index contributed by atoms with van der Waals surface area (Å²) in [7, 11) is 0. The van der Waals surface area contributed by atoms with Crippen molar-refractivity contribution in [2.75, 3.05) is 51.3 Å². The molecule has 1 rings (SSSR count). The van der Waals surface area contributed by atoms with E-state index in [0.717, 1.165) is 5.92 Å². The second-order valence-corrected chi connectivity index (χ2v) is 5.51. The molecule has 1 aliphatic heterocycles. The van der Waals surface area contributed by atoms with E-state index in [1.807, 2.05) is 11.8 Å². The van der Waals surface area contributed by atoms with Gasteiger partial charge >= 0.3 is 0 Å². The number of thioether (sulfide) groups is 1. The van der Waals surface area contributed by atoms with E-state index in [1.165, 1.54) is 45.0 Å². The van der Waals surface area contributed by atoms with Gasteiger partial charge < -0.3 is 4.90 Å². The molecule has 0 saturated carbocycles. The van der Waals surface area contributed by atoms with Gasteiger partial charge in [0.2, 0.25) is 0 Å².